The summed E-state index contributed by atoms with van der Waals surface area (Å²) >= 11 is 6.56. The highest BCUT2D eigenvalue weighted by Gasteiger charge is 2.43. The maximum atomic E-state index is 13.5. The number of carbonyl (C=O) groups is 2. The molecule has 3 aromatic carbocycles. The molecule has 0 unspecified atom stereocenters. The van der Waals surface area contributed by atoms with Crippen molar-refractivity contribution in [2.45, 2.75) is 6.04 Å². The number of hydrogen-bond donors (Lipinski definition) is 2. The number of carbonyl (C=O) groups excluding carboxylic acids is 1. The minimum Gasteiger partial charge on any atom is -0.478 e. The number of carboxylic acid groups (broad SMARTS) is 1. The van der Waals surface area contributed by atoms with Crippen LogP contribution in [0.5, 0.6) is 0 Å². The van der Waals surface area contributed by atoms with Crippen LogP contribution in [0.4, 0.5) is 5.69 Å². The molecule has 2 N–H and O–H groups in total. The standard InChI is InChI=1S/C24H16ClN3O3/c25-18-9-5-4-8-17(18)22-19-20(14-6-2-1-3-7-14)26-27-21(19)23(29)28(22)16-12-10-15(11-13-16)24(30)31/h1-13,22H,(H,26,27)(H,30,31)/t22-/m1/s1. The normalized spacial score (nSPS) is 15.2. The van der Waals surface area contributed by atoms with Crippen LogP contribution in [0, 0.1) is 0 Å². The van der Waals surface area contributed by atoms with Gasteiger partial charge in [-0.05, 0) is 35.9 Å². The summed E-state index contributed by atoms with van der Waals surface area (Å²) in [6, 6.07) is 22.7. The van der Waals surface area contributed by atoms with Gasteiger partial charge in [0.05, 0.1) is 17.3 Å². The lowest BCUT2D eigenvalue weighted by Gasteiger charge is -2.27. The predicted octanol–water partition coefficient (Wildman–Crippen LogP) is 5.18. The summed E-state index contributed by atoms with van der Waals surface area (Å²) in [6.07, 6.45) is 0. The van der Waals surface area contributed by atoms with Crippen LogP contribution in [0.1, 0.15) is 38.0 Å². The highest BCUT2D eigenvalue weighted by molar-refractivity contribution is 6.31. The van der Waals surface area contributed by atoms with Crippen LogP contribution in [-0.4, -0.2) is 27.2 Å². The molecule has 0 radical (unpaired) electrons. The summed E-state index contributed by atoms with van der Waals surface area (Å²) in [4.78, 5) is 26.3. The molecule has 4 aromatic rings. The number of anilines is 1. The zero-order valence-electron chi connectivity index (χ0n) is 16.1. The van der Waals surface area contributed by atoms with Crippen LogP contribution >= 0.6 is 11.6 Å². The van der Waals surface area contributed by atoms with Crippen LogP contribution in [0.2, 0.25) is 5.02 Å². The largest absolute Gasteiger partial charge is 0.478 e. The molecule has 1 aliphatic heterocycles. The van der Waals surface area contributed by atoms with Crippen molar-refractivity contribution in [1.29, 1.82) is 0 Å². The first-order valence-electron chi connectivity index (χ1n) is 9.61. The van der Waals surface area contributed by atoms with E-state index in [-0.39, 0.29) is 11.5 Å². The number of aromatic amines is 1. The molecule has 31 heavy (non-hydrogen) atoms. The molecule has 1 amide bonds. The number of halogens is 1. The Morgan fingerprint density at radius 1 is 0.968 bits per heavy atom. The molecule has 2 heterocycles. The first kappa shape index (κ1) is 19.1. The lowest BCUT2D eigenvalue weighted by Crippen LogP contribution is -2.29. The minimum absolute atomic E-state index is 0.148. The van der Waals surface area contributed by atoms with E-state index in [0.717, 1.165) is 16.7 Å². The number of hydrogen-bond acceptors (Lipinski definition) is 3. The van der Waals surface area contributed by atoms with Gasteiger partial charge < -0.3 is 5.11 Å². The van der Waals surface area contributed by atoms with E-state index in [1.54, 1.807) is 23.1 Å². The van der Waals surface area contributed by atoms with E-state index in [2.05, 4.69) is 10.2 Å². The van der Waals surface area contributed by atoms with Gasteiger partial charge in [-0.25, -0.2) is 4.79 Å². The third-order valence-electron chi connectivity index (χ3n) is 5.41. The number of H-pyrrole nitrogens is 1. The number of fused-ring (bicyclic) bond motifs is 1. The second-order valence-electron chi connectivity index (χ2n) is 7.18. The fourth-order valence-corrected chi connectivity index (χ4v) is 4.22. The minimum atomic E-state index is -1.03. The van der Waals surface area contributed by atoms with E-state index in [1.165, 1.54) is 12.1 Å². The predicted molar refractivity (Wildman–Crippen MR) is 118 cm³/mol. The Morgan fingerprint density at radius 2 is 1.65 bits per heavy atom. The molecule has 1 aliphatic rings. The number of benzene rings is 3. The van der Waals surface area contributed by atoms with Crippen molar-refractivity contribution in [1.82, 2.24) is 10.2 Å². The molecule has 0 fully saturated rings. The van der Waals surface area contributed by atoms with Gasteiger partial charge in [-0.15, -0.1) is 0 Å². The van der Waals surface area contributed by atoms with E-state index in [4.69, 9.17) is 11.6 Å². The topological polar surface area (TPSA) is 86.3 Å². The highest BCUT2D eigenvalue weighted by Crippen LogP contribution is 2.46. The number of aromatic carboxylic acids is 1. The highest BCUT2D eigenvalue weighted by atomic mass is 35.5. The lowest BCUT2D eigenvalue weighted by atomic mass is 9.95. The number of nitrogens with one attached hydrogen (secondary N) is 1. The average molecular weight is 430 g/mol. The lowest BCUT2D eigenvalue weighted by molar-refractivity contribution is 0.0696. The van der Waals surface area contributed by atoms with Crippen molar-refractivity contribution in [3.8, 4) is 11.3 Å². The van der Waals surface area contributed by atoms with Gasteiger partial charge in [0, 0.05) is 21.8 Å². The Balaban J connectivity index is 1.72. The van der Waals surface area contributed by atoms with Crippen molar-refractivity contribution in [2.75, 3.05) is 4.90 Å². The zero-order valence-corrected chi connectivity index (χ0v) is 16.9. The van der Waals surface area contributed by atoms with Crippen LogP contribution in [0.3, 0.4) is 0 Å². The Bertz CT molecular complexity index is 1300. The molecule has 0 bridgehead atoms. The Kier molecular flexibility index (Phi) is 4.56. The summed E-state index contributed by atoms with van der Waals surface area (Å²) in [6.45, 7) is 0. The first-order chi connectivity index (χ1) is 15.1. The number of carboxylic acids is 1. The molecule has 5 rings (SSSR count). The second-order valence-corrected chi connectivity index (χ2v) is 7.59. The molecular formula is C24H16ClN3O3. The van der Waals surface area contributed by atoms with Gasteiger partial charge in [-0.3, -0.25) is 14.8 Å². The van der Waals surface area contributed by atoms with Gasteiger partial charge in [0.15, 0.2) is 0 Å². The van der Waals surface area contributed by atoms with Crippen molar-refractivity contribution < 1.29 is 14.7 Å². The van der Waals surface area contributed by atoms with Gasteiger partial charge in [0.25, 0.3) is 5.91 Å². The fourth-order valence-electron chi connectivity index (χ4n) is 3.99. The summed E-state index contributed by atoms with van der Waals surface area (Å²) in [5.41, 5.74) is 4.18. The molecule has 152 valence electrons. The maximum Gasteiger partial charge on any atom is 0.335 e. The number of rotatable bonds is 4. The molecule has 0 saturated carbocycles. The quantitative estimate of drug-likeness (QED) is 0.468. The van der Waals surface area contributed by atoms with Crippen molar-refractivity contribution >= 4 is 29.2 Å². The number of aromatic nitrogens is 2. The van der Waals surface area contributed by atoms with Crippen LogP contribution in [-0.2, 0) is 0 Å². The van der Waals surface area contributed by atoms with Crippen molar-refractivity contribution in [3.05, 3.63) is 106 Å². The number of amides is 1. The Hall–Kier alpha value is -3.90. The third kappa shape index (κ3) is 3.08. The summed E-state index contributed by atoms with van der Waals surface area (Å²) < 4.78 is 0. The van der Waals surface area contributed by atoms with Crippen LogP contribution in [0.25, 0.3) is 11.3 Å². The summed E-state index contributed by atoms with van der Waals surface area (Å²) in [7, 11) is 0. The van der Waals surface area contributed by atoms with Gasteiger partial charge in [0.1, 0.15) is 5.69 Å². The molecule has 7 heteroatoms. The molecule has 0 aliphatic carbocycles. The Morgan fingerprint density at radius 3 is 2.32 bits per heavy atom. The first-order valence-corrected chi connectivity index (χ1v) is 9.99. The van der Waals surface area contributed by atoms with E-state index in [9.17, 15) is 14.7 Å². The van der Waals surface area contributed by atoms with Gasteiger partial charge in [-0.1, -0.05) is 60.1 Å². The molecule has 0 saturated heterocycles. The summed E-state index contributed by atoms with van der Waals surface area (Å²) in [5, 5.41) is 17.1. The van der Waals surface area contributed by atoms with E-state index in [1.807, 2.05) is 48.5 Å². The number of nitrogens with zero attached hydrogens (tertiary/aromatic N) is 2. The van der Waals surface area contributed by atoms with Gasteiger partial charge in [-0.2, -0.15) is 5.10 Å². The molecule has 1 aromatic heterocycles. The van der Waals surface area contributed by atoms with E-state index in [0.29, 0.717) is 22.1 Å². The van der Waals surface area contributed by atoms with Gasteiger partial charge in [0.2, 0.25) is 0 Å². The van der Waals surface area contributed by atoms with E-state index < -0.39 is 12.0 Å². The maximum absolute atomic E-state index is 13.5. The molecule has 0 spiro atoms. The SMILES string of the molecule is O=C(O)c1ccc(N2C(=O)c3[nH]nc(-c4ccccc4)c3[C@H]2c2ccccc2Cl)cc1. The molecule has 6 nitrogen and oxygen atoms in total. The van der Waals surface area contributed by atoms with Crippen LogP contribution in [0.15, 0.2) is 78.9 Å². The monoisotopic (exact) mass is 429 g/mol. The van der Waals surface area contributed by atoms with Crippen molar-refractivity contribution in [2.24, 2.45) is 0 Å². The average Bonchev–Trinajstić information content (AvgIpc) is 3.34. The van der Waals surface area contributed by atoms with E-state index >= 15 is 0 Å². The fraction of sp³-hybridized carbons (Fsp3) is 0.0417. The van der Waals surface area contributed by atoms with Crippen molar-refractivity contribution in [3.63, 3.8) is 0 Å². The zero-order chi connectivity index (χ0) is 21.5. The molecule has 1 atom stereocenters. The molecular weight excluding hydrogens is 414 g/mol. The third-order valence-corrected chi connectivity index (χ3v) is 5.75. The Labute approximate surface area is 182 Å². The van der Waals surface area contributed by atoms with Crippen LogP contribution < -0.4 is 4.90 Å². The summed E-state index contributed by atoms with van der Waals surface area (Å²) in [5.74, 6) is -1.28. The second kappa shape index (κ2) is 7.41. The van der Waals surface area contributed by atoms with Gasteiger partial charge >= 0.3 is 5.97 Å². The smallest absolute Gasteiger partial charge is 0.335 e.